The van der Waals surface area contributed by atoms with Crippen molar-refractivity contribution in [3.63, 3.8) is 0 Å². The molecule has 8 N–H and O–H groups in total. The lowest BCUT2D eigenvalue weighted by Crippen LogP contribution is -2.53. The summed E-state index contributed by atoms with van der Waals surface area (Å²) >= 11 is 0. The standard InChI is InChI=1S/C54H62FN9O13/c1-4-54(75)35-21-40-50-33(26-64(40)52(73)34(35)27-76-53(54)74)49-37(15-14-32-30(3)36(55)22-38(62-50)48(32)49)60-42(66)19-29(2)77-28-59-44(68)24-58-51(72)39(20-31-11-7-5-8-12-31)61-45(69)25-57-43(67)23-56-41(65)13-9-6-10-18-63-46(70)16-17-47(63)71/h5,7-8,11-12,16-17,21-22,29,37,39,44,59,68,75H,4,6,9-10,13-15,18-20,23-28H2,1-3H3,(H,56,65)(H,57,67)(H,58,72)(H,60,66)(H,61,69)/t29-,37-,39-,44?,54-/m0/s1. The van der Waals surface area contributed by atoms with Crippen molar-refractivity contribution in [3.05, 3.63) is 110 Å². The maximum absolute atomic E-state index is 15.4. The van der Waals surface area contributed by atoms with Crippen LogP contribution in [-0.2, 0) is 79.4 Å². The number of nitrogens with zero attached hydrogens (tertiary/aromatic N) is 3. The van der Waals surface area contributed by atoms with E-state index in [0.29, 0.717) is 71.1 Å². The van der Waals surface area contributed by atoms with Crippen molar-refractivity contribution in [1.82, 2.24) is 46.4 Å². The number of aryl methyl sites for hydroxylation is 1. The average molecular weight is 1060 g/mol. The number of aliphatic hydroxyl groups is 2. The molecule has 2 aromatic heterocycles. The van der Waals surface area contributed by atoms with E-state index in [2.05, 4.69) is 31.9 Å². The number of fused-ring (bicyclic) bond motifs is 5. The van der Waals surface area contributed by atoms with E-state index in [4.69, 9.17) is 14.5 Å². The number of unbranched alkanes of at least 4 members (excludes halogenated alkanes) is 2. The lowest BCUT2D eigenvalue weighted by Gasteiger charge is -2.31. The van der Waals surface area contributed by atoms with Crippen LogP contribution in [0.15, 0.2) is 59.4 Å². The first-order chi connectivity index (χ1) is 36.9. The van der Waals surface area contributed by atoms with Crippen LogP contribution in [0.5, 0.6) is 0 Å². The number of pyridine rings is 2. The third kappa shape index (κ3) is 12.4. The van der Waals surface area contributed by atoms with Gasteiger partial charge in [-0.1, -0.05) is 43.7 Å². The molecule has 4 aliphatic rings. The first-order valence-electron chi connectivity index (χ1n) is 25.7. The van der Waals surface area contributed by atoms with Crippen LogP contribution >= 0.6 is 0 Å². The Hall–Kier alpha value is -7.73. The third-order valence-corrected chi connectivity index (χ3v) is 14.4. The monoisotopic (exact) mass is 1060 g/mol. The Morgan fingerprint density at radius 3 is 2.39 bits per heavy atom. The van der Waals surface area contributed by atoms with Crippen LogP contribution in [0.4, 0.5) is 4.39 Å². The van der Waals surface area contributed by atoms with Crippen molar-refractivity contribution in [3.8, 4) is 11.4 Å². The van der Waals surface area contributed by atoms with Gasteiger partial charge in [0.2, 0.25) is 29.5 Å². The molecule has 2 aromatic carbocycles. The molecule has 0 saturated carbocycles. The second-order valence-corrected chi connectivity index (χ2v) is 19.6. The highest BCUT2D eigenvalue weighted by molar-refractivity contribution is 6.12. The molecule has 408 valence electrons. The molecule has 4 aromatic rings. The lowest BCUT2D eigenvalue weighted by molar-refractivity contribution is -0.172. The SMILES string of the molecule is CC[C@@]1(O)C(=O)OCc2c1cc1n(c2=O)Cc2c-1nc1cc(F)c(C)c3c1c2[C@@H](NC(=O)C[C@H](C)OCNC(O)CNC(=O)[C@H](Cc1ccccc1)NC(=O)CNC(=O)CNC(=O)CCCCCN1C(=O)C=CC1=O)CC3. The first-order valence-corrected chi connectivity index (χ1v) is 25.7. The van der Waals surface area contributed by atoms with Gasteiger partial charge in [-0.15, -0.1) is 0 Å². The van der Waals surface area contributed by atoms with Gasteiger partial charge in [-0.05, 0) is 74.3 Å². The number of aliphatic hydroxyl groups excluding tert-OH is 1. The number of carbonyl (C=O) groups excluding carboxylic acids is 8. The molecular weight excluding hydrogens is 1000 g/mol. The summed E-state index contributed by atoms with van der Waals surface area (Å²) in [5, 5.41) is 38.8. The molecule has 5 atom stereocenters. The molecular formula is C54H62FN9O13. The fourth-order valence-electron chi connectivity index (χ4n) is 10.1. The van der Waals surface area contributed by atoms with Gasteiger partial charge in [0.05, 0.1) is 73.9 Å². The Kier molecular flexibility index (Phi) is 17.4. The van der Waals surface area contributed by atoms with Crippen LogP contribution in [0, 0.1) is 12.7 Å². The van der Waals surface area contributed by atoms with Gasteiger partial charge in [-0.25, -0.2) is 14.2 Å². The fourth-order valence-corrected chi connectivity index (χ4v) is 10.1. The van der Waals surface area contributed by atoms with E-state index in [1.807, 2.05) is 0 Å². The summed E-state index contributed by atoms with van der Waals surface area (Å²) in [5.41, 5.74) is 2.16. The van der Waals surface area contributed by atoms with Crippen molar-refractivity contribution in [2.45, 2.75) is 122 Å². The number of carbonyl (C=O) groups is 8. The van der Waals surface area contributed by atoms with E-state index < -0.39 is 77.5 Å². The number of hydrogen-bond donors (Lipinski definition) is 8. The van der Waals surface area contributed by atoms with Crippen LogP contribution in [0.25, 0.3) is 22.3 Å². The number of benzene rings is 2. The molecule has 22 nitrogen and oxygen atoms in total. The molecule has 1 aliphatic carbocycles. The van der Waals surface area contributed by atoms with Gasteiger partial charge >= 0.3 is 5.97 Å². The molecule has 1 unspecified atom stereocenters. The Balaban J connectivity index is 0.800. The van der Waals surface area contributed by atoms with E-state index >= 15 is 4.39 Å². The molecule has 0 bridgehead atoms. The summed E-state index contributed by atoms with van der Waals surface area (Å²) < 4.78 is 27.9. The maximum Gasteiger partial charge on any atom is 0.343 e. The summed E-state index contributed by atoms with van der Waals surface area (Å²) in [5.74, 6) is -4.75. The van der Waals surface area contributed by atoms with Gasteiger partial charge in [0.1, 0.15) is 24.7 Å². The zero-order valence-corrected chi connectivity index (χ0v) is 42.9. The molecule has 8 rings (SSSR count). The van der Waals surface area contributed by atoms with Crippen molar-refractivity contribution in [1.29, 1.82) is 0 Å². The van der Waals surface area contributed by atoms with Crippen LogP contribution < -0.4 is 37.5 Å². The quantitative estimate of drug-likeness (QED) is 0.0184. The number of rotatable bonds is 24. The summed E-state index contributed by atoms with van der Waals surface area (Å²) in [6.07, 6.45) is 2.92. The number of cyclic esters (lactones) is 1. The van der Waals surface area contributed by atoms with Gasteiger partial charge < -0.3 is 50.8 Å². The number of amides is 7. The predicted molar refractivity (Wildman–Crippen MR) is 273 cm³/mol. The van der Waals surface area contributed by atoms with E-state index in [9.17, 15) is 53.4 Å². The number of esters is 1. The Morgan fingerprint density at radius 2 is 1.65 bits per heavy atom. The molecule has 7 amide bonds. The van der Waals surface area contributed by atoms with Crippen LogP contribution in [0.3, 0.4) is 0 Å². The minimum absolute atomic E-state index is 0.0384. The second-order valence-electron chi connectivity index (χ2n) is 19.6. The Bertz CT molecular complexity index is 3090. The lowest BCUT2D eigenvalue weighted by atomic mass is 9.81. The molecule has 0 spiro atoms. The fraction of sp³-hybridized carbons (Fsp3) is 0.444. The molecule has 0 saturated heterocycles. The summed E-state index contributed by atoms with van der Waals surface area (Å²) in [6.45, 7) is 3.59. The van der Waals surface area contributed by atoms with Gasteiger partial charge in [-0.2, -0.15) is 0 Å². The highest BCUT2D eigenvalue weighted by atomic mass is 19.1. The highest BCUT2D eigenvalue weighted by Gasteiger charge is 2.46. The van der Waals surface area contributed by atoms with Crippen molar-refractivity contribution >= 4 is 58.2 Å². The normalized spacial score (nSPS) is 18.2. The van der Waals surface area contributed by atoms with Crippen LogP contribution in [0.2, 0.25) is 0 Å². The van der Waals surface area contributed by atoms with Crippen LogP contribution in [0.1, 0.15) is 104 Å². The van der Waals surface area contributed by atoms with E-state index in [1.165, 1.54) is 22.8 Å². The molecule has 5 heterocycles. The Morgan fingerprint density at radius 1 is 0.922 bits per heavy atom. The average Bonchev–Trinajstić information content (AvgIpc) is 4.18. The largest absolute Gasteiger partial charge is 0.458 e. The van der Waals surface area contributed by atoms with E-state index in [1.54, 1.807) is 57.2 Å². The van der Waals surface area contributed by atoms with Crippen LogP contribution in [-0.4, -0.2) is 123 Å². The number of nitrogens with one attached hydrogen (secondary N) is 6. The molecule has 0 radical (unpaired) electrons. The molecule has 3 aliphatic heterocycles. The van der Waals surface area contributed by atoms with Gasteiger partial charge in [-0.3, -0.25) is 48.6 Å². The van der Waals surface area contributed by atoms with Gasteiger partial charge in [0.15, 0.2) is 5.60 Å². The van der Waals surface area contributed by atoms with Crippen molar-refractivity contribution in [2.24, 2.45) is 0 Å². The van der Waals surface area contributed by atoms with Crippen molar-refractivity contribution in [2.75, 3.05) is 32.9 Å². The van der Waals surface area contributed by atoms with E-state index in [0.717, 1.165) is 16.0 Å². The molecule has 23 heteroatoms. The zero-order chi connectivity index (χ0) is 55.1. The van der Waals surface area contributed by atoms with E-state index in [-0.39, 0.29) is 94.0 Å². The number of aromatic nitrogens is 2. The topological polar surface area (TPSA) is 306 Å². The minimum Gasteiger partial charge on any atom is -0.458 e. The smallest absolute Gasteiger partial charge is 0.343 e. The summed E-state index contributed by atoms with van der Waals surface area (Å²) in [4.78, 5) is 121. The minimum atomic E-state index is -2.04. The predicted octanol–water partition coefficient (Wildman–Crippen LogP) is 0.853. The second kappa shape index (κ2) is 24.1. The molecule has 77 heavy (non-hydrogen) atoms. The summed E-state index contributed by atoms with van der Waals surface area (Å²) in [6, 6.07) is 10.1. The number of imide groups is 1. The first kappa shape index (κ1) is 55.5. The third-order valence-electron chi connectivity index (χ3n) is 14.4. The van der Waals surface area contributed by atoms with Crippen molar-refractivity contribution < 1.29 is 62.4 Å². The number of ether oxygens (including phenoxy) is 2. The highest BCUT2D eigenvalue weighted by Crippen LogP contribution is 2.46. The Labute approximate surface area is 441 Å². The zero-order valence-electron chi connectivity index (χ0n) is 42.9. The number of hydrogen-bond acceptors (Lipinski definition) is 15. The van der Waals surface area contributed by atoms with Gasteiger partial charge in [0.25, 0.3) is 17.4 Å². The number of halogens is 1. The maximum atomic E-state index is 15.4. The molecule has 0 fully saturated rings. The summed E-state index contributed by atoms with van der Waals surface area (Å²) in [7, 11) is 0. The van der Waals surface area contributed by atoms with Gasteiger partial charge in [0, 0.05) is 54.1 Å².